The Morgan fingerprint density at radius 2 is 2.19 bits per heavy atom. The molecule has 3 nitrogen and oxygen atoms in total. The predicted octanol–water partition coefficient (Wildman–Crippen LogP) is 1.29. The molecule has 16 heavy (non-hydrogen) atoms. The number of rotatable bonds is 5. The van der Waals surface area contributed by atoms with Gasteiger partial charge in [0.05, 0.1) is 12.7 Å². The van der Waals surface area contributed by atoms with Crippen molar-refractivity contribution >= 4 is 11.8 Å². The number of thioether (sulfide) groups is 1. The van der Waals surface area contributed by atoms with Crippen LogP contribution in [0.5, 0.6) is 0 Å². The molecule has 2 unspecified atom stereocenters. The van der Waals surface area contributed by atoms with Crippen LogP contribution in [0.4, 0.5) is 4.39 Å². The van der Waals surface area contributed by atoms with E-state index in [1.165, 1.54) is 17.8 Å². The van der Waals surface area contributed by atoms with Gasteiger partial charge in [-0.3, -0.25) is 0 Å². The van der Waals surface area contributed by atoms with Gasteiger partial charge < -0.3 is 15.9 Å². The first kappa shape index (κ1) is 13.4. The highest BCUT2D eigenvalue weighted by Crippen LogP contribution is 2.29. The zero-order valence-electron chi connectivity index (χ0n) is 9.06. The average Bonchev–Trinajstić information content (AvgIpc) is 2.26. The Labute approximate surface area is 98.5 Å². The van der Waals surface area contributed by atoms with Crippen LogP contribution in [0, 0.1) is 5.82 Å². The summed E-state index contributed by atoms with van der Waals surface area (Å²) in [5, 5.41) is 17.9. The lowest BCUT2D eigenvalue weighted by molar-refractivity contribution is 0.113. The van der Waals surface area contributed by atoms with E-state index >= 15 is 0 Å². The van der Waals surface area contributed by atoms with Crippen molar-refractivity contribution in [3.05, 3.63) is 29.6 Å². The van der Waals surface area contributed by atoms with Gasteiger partial charge in [-0.05, 0) is 18.6 Å². The minimum atomic E-state index is -0.842. The molecular formula is C11H16FNO2S. The Hall–Kier alpha value is -0.620. The zero-order chi connectivity index (χ0) is 12.1. The molecular weight excluding hydrogens is 229 g/mol. The number of aliphatic hydroxyl groups excluding tert-OH is 2. The largest absolute Gasteiger partial charge is 0.394 e. The number of benzene rings is 1. The molecule has 0 heterocycles. The molecule has 0 amide bonds. The summed E-state index contributed by atoms with van der Waals surface area (Å²) in [5.74, 6) is -0.0955. The van der Waals surface area contributed by atoms with Crippen LogP contribution < -0.4 is 5.73 Å². The quantitative estimate of drug-likeness (QED) is 0.684. The van der Waals surface area contributed by atoms with Crippen LogP contribution in [0.3, 0.4) is 0 Å². The fourth-order valence-corrected chi connectivity index (χ4v) is 2.36. The highest BCUT2D eigenvalue weighted by atomic mass is 32.2. The molecule has 5 heteroatoms. The molecule has 1 rings (SSSR count). The standard InChI is InChI=1S/C11H16FNO2S/c1-7(13)9-3-2-4-10(12)11(9)16-6-8(15)5-14/h2-4,7-8,14-15H,5-6,13H2,1H3. The summed E-state index contributed by atoms with van der Waals surface area (Å²) in [7, 11) is 0. The van der Waals surface area contributed by atoms with Crippen LogP contribution in [0.15, 0.2) is 23.1 Å². The van der Waals surface area contributed by atoms with E-state index in [-0.39, 0.29) is 24.2 Å². The number of hydrogen-bond donors (Lipinski definition) is 3. The van der Waals surface area contributed by atoms with E-state index < -0.39 is 6.10 Å². The fourth-order valence-electron chi connectivity index (χ4n) is 1.27. The maximum Gasteiger partial charge on any atom is 0.137 e. The van der Waals surface area contributed by atoms with Crippen LogP contribution in [-0.2, 0) is 0 Å². The van der Waals surface area contributed by atoms with E-state index in [1.54, 1.807) is 19.1 Å². The zero-order valence-corrected chi connectivity index (χ0v) is 9.88. The number of hydrogen-bond acceptors (Lipinski definition) is 4. The monoisotopic (exact) mass is 245 g/mol. The van der Waals surface area contributed by atoms with E-state index in [9.17, 15) is 9.50 Å². The average molecular weight is 245 g/mol. The van der Waals surface area contributed by atoms with E-state index in [0.717, 1.165) is 5.56 Å². The van der Waals surface area contributed by atoms with E-state index in [4.69, 9.17) is 10.8 Å². The molecule has 0 radical (unpaired) electrons. The van der Waals surface area contributed by atoms with Crippen molar-refractivity contribution in [2.45, 2.75) is 24.0 Å². The van der Waals surface area contributed by atoms with Gasteiger partial charge in [-0.15, -0.1) is 11.8 Å². The van der Waals surface area contributed by atoms with Gasteiger partial charge in [0.1, 0.15) is 5.82 Å². The Morgan fingerprint density at radius 3 is 2.75 bits per heavy atom. The molecule has 0 saturated heterocycles. The second kappa shape index (κ2) is 6.20. The van der Waals surface area contributed by atoms with Crippen molar-refractivity contribution in [3.63, 3.8) is 0 Å². The number of halogens is 1. The molecule has 0 bridgehead atoms. The van der Waals surface area contributed by atoms with Crippen LogP contribution in [-0.4, -0.2) is 28.7 Å². The summed E-state index contributed by atoms with van der Waals surface area (Å²) in [6.45, 7) is 1.45. The second-order valence-corrected chi connectivity index (χ2v) is 4.62. The van der Waals surface area contributed by atoms with Crippen molar-refractivity contribution in [3.8, 4) is 0 Å². The molecule has 4 N–H and O–H groups in total. The van der Waals surface area contributed by atoms with Gasteiger partial charge in [0.15, 0.2) is 0 Å². The van der Waals surface area contributed by atoms with E-state index in [1.807, 2.05) is 0 Å². The summed E-state index contributed by atoms with van der Waals surface area (Å²) in [6, 6.07) is 4.48. The van der Waals surface area contributed by atoms with Gasteiger partial charge in [0, 0.05) is 16.7 Å². The number of aliphatic hydroxyl groups is 2. The molecule has 0 saturated carbocycles. The van der Waals surface area contributed by atoms with Crippen molar-refractivity contribution < 1.29 is 14.6 Å². The molecule has 0 aromatic heterocycles. The van der Waals surface area contributed by atoms with Crippen LogP contribution in [0.1, 0.15) is 18.5 Å². The molecule has 2 atom stereocenters. The molecule has 0 aliphatic rings. The van der Waals surface area contributed by atoms with Crippen LogP contribution >= 0.6 is 11.8 Å². The molecule has 0 aliphatic heterocycles. The second-order valence-electron chi connectivity index (χ2n) is 3.59. The first-order valence-electron chi connectivity index (χ1n) is 5.02. The van der Waals surface area contributed by atoms with Gasteiger partial charge in [-0.25, -0.2) is 4.39 Å². The van der Waals surface area contributed by atoms with Gasteiger partial charge in [-0.2, -0.15) is 0 Å². The smallest absolute Gasteiger partial charge is 0.137 e. The summed E-state index contributed by atoms with van der Waals surface area (Å²) in [5.41, 5.74) is 6.45. The number of nitrogens with two attached hydrogens (primary N) is 1. The summed E-state index contributed by atoms with van der Waals surface area (Å²) in [6.07, 6.45) is -0.842. The molecule has 1 aromatic carbocycles. The lowest BCUT2D eigenvalue weighted by Gasteiger charge is -2.14. The third-order valence-electron chi connectivity index (χ3n) is 2.12. The SMILES string of the molecule is CC(N)c1cccc(F)c1SCC(O)CO. The van der Waals surface area contributed by atoms with Gasteiger partial charge >= 0.3 is 0 Å². The summed E-state index contributed by atoms with van der Waals surface area (Å²) < 4.78 is 13.5. The van der Waals surface area contributed by atoms with Gasteiger partial charge in [0.2, 0.25) is 0 Å². The Bertz CT molecular complexity index is 347. The van der Waals surface area contributed by atoms with Crippen molar-refractivity contribution in [2.24, 2.45) is 5.73 Å². The highest BCUT2D eigenvalue weighted by molar-refractivity contribution is 7.99. The maximum absolute atomic E-state index is 13.5. The summed E-state index contributed by atoms with van der Waals surface area (Å²) in [4.78, 5) is 0.449. The Balaban J connectivity index is 2.84. The van der Waals surface area contributed by atoms with E-state index in [0.29, 0.717) is 4.90 Å². The first-order valence-corrected chi connectivity index (χ1v) is 6.00. The Morgan fingerprint density at radius 1 is 1.50 bits per heavy atom. The van der Waals surface area contributed by atoms with Crippen LogP contribution in [0.2, 0.25) is 0 Å². The minimum Gasteiger partial charge on any atom is -0.394 e. The van der Waals surface area contributed by atoms with Crippen LogP contribution in [0.25, 0.3) is 0 Å². The van der Waals surface area contributed by atoms with Gasteiger partial charge in [-0.1, -0.05) is 12.1 Å². The molecule has 0 spiro atoms. The van der Waals surface area contributed by atoms with Crippen molar-refractivity contribution in [1.29, 1.82) is 0 Å². The lowest BCUT2D eigenvalue weighted by Crippen LogP contribution is -2.15. The molecule has 0 fully saturated rings. The molecule has 90 valence electrons. The van der Waals surface area contributed by atoms with Crippen molar-refractivity contribution in [1.82, 2.24) is 0 Å². The van der Waals surface area contributed by atoms with E-state index in [2.05, 4.69) is 0 Å². The van der Waals surface area contributed by atoms with Crippen molar-refractivity contribution in [2.75, 3.05) is 12.4 Å². The third-order valence-corrected chi connectivity index (χ3v) is 3.39. The van der Waals surface area contributed by atoms with Gasteiger partial charge in [0.25, 0.3) is 0 Å². The normalized spacial score (nSPS) is 14.8. The minimum absolute atomic E-state index is 0.247. The molecule has 1 aromatic rings. The Kier molecular flexibility index (Phi) is 5.21. The third kappa shape index (κ3) is 3.45. The first-order chi connectivity index (χ1) is 7.56. The molecule has 0 aliphatic carbocycles. The fraction of sp³-hybridized carbons (Fsp3) is 0.455. The predicted molar refractivity (Wildman–Crippen MR) is 62.8 cm³/mol. The summed E-state index contributed by atoms with van der Waals surface area (Å²) >= 11 is 1.17. The highest BCUT2D eigenvalue weighted by Gasteiger charge is 2.13. The lowest BCUT2D eigenvalue weighted by atomic mass is 10.1. The topological polar surface area (TPSA) is 66.5 Å². The maximum atomic E-state index is 13.5.